The Kier molecular flexibility index (Phi) is 5.68. The standard InChI is InChI=1S/C25H30N6O2/c1-3-14-33-19-7-4-17(5-8-19)31-16-22(32)23(24(31)26)25-27-20-9-6-18(15-21(20)28-25)30-12-10-29(2)11-13-30/h4-9,15,26,32H,3,10-14,16H2,1-2H3,(H,27,28). The first-order chi connectivity index (χ1) is 16.0. The van der Waals surface area contributed by atoms with Crippen molar-refractivity contribution < 1.29 is 9.84 Å². The predicted molar refractivity (Wildman–Crippen MR) is 133 cm³/mol. The van der Waals surface area contributed by atoms with Gasteiger partial charge in [-0.05, 0) is 55.9 Å². The van der Waals surface area contributed by atoms with Crippen LogP contribution in [0.4, 0.5) is 11.4 Å². The maximum absolute atomic E-state index is 10.7. The molecule has 0 atom stereocenters. The number of fused-ring (bicyclic) bond motifs is 1. The molecular weight excluding hydrogens is 416 g/mol. The van der Waals surface area contributed by atoms with Crippen LogP contribution in [0.3, 0.4) is 0 Å². The molecule has 0 unspecified atom stereocenters. The molecule has 172 valence electrons. The Morgan fingerprint density at radius 1 is 1.06 bits per heavy atom. The summed E-state index contributed by atoms with van der Waals surface area (Å²) in [5, 5.41) is 19.5. The number of aromatic amines is 1. The highest BCUT2D eigenvalue weighted by Gasteiger charge is 2.31. The molecule has 1 fully saturated rings. The molecule has 8 nitrogen and oxygen atoms in total. The van der Waals surface area contributed by atoms with Gasteiger partial charge in [-0.15, -0.1) is 0 Å². The van der Waals surface area contributed by atoms with Crippen molar-refractivity contribution in [3.8, 4) is 5.75 Å². The summed E-state index contributed by atoms with van der Waals surface area (Å²) in [6.45, 7) is 7.08. The zero-order chi connectivity index (χ0) is 22.9. The van der Waals surface area contributed by atoms with E-state index in [1.165, 1.54) is 0 Å². The van der Waals surface area contributed by atoms with E-state index in [1.807, 2.05) is 30.3 Å². The molecule has 0 bridgehead atoms. The number of hydrogen-bond acceptors (Lipinski definition) is 6. The van der Waals surface area contributed by atoms with E-state index in [-0.39, 0.29) is 18.1 Å². The van der Waals surface area contributed by atoms with Gasteiger partial charge in [-0.3, -0.25) is 5.41 Å². The number of likely N-dealkylation sites (N-methyl/N-ethyl adjacent to an activating group) is 1. The fourth-order valence-corrected chi connectivity index (χ4v) is 4.37. The number of ether oxygens (including phenoxy) is 1. The number of imidazole rings is 1. The van der Waals surface area contributed by atoms with Crippen molar-refractivity contribution in [3.05, 3.63) is 54.0 Å². The molecule has 0 saturated carbocycles. The monoisotopic (exact) mass is 446 g/mol. The molecule has 0 spiro atoms. The molecule has 0 radical (unpaired) electrons. The fourth-order valence-electron chi connectivity index (χ4n) is 4.37. The lowest BCUT2D eigenvalue weighted by Crippen LogP contribution is -2.44. The number of hydrogen-bond donors (Lipinski definition) is 3. The molecule has 1 saturated heterocycles. The number of anilines is 2. The lowest BCUT2D eigenvalue weighted by molar-refractivity contribution is 0.313. The van der Waals surface area contributed by atoms with Gasteiger partial charge in [-0.2, -0.15) is 0 Å². The summed E-state index contributed by atoms with van der Waals surface area (Å²) in [4.78, 5) is 14.5. The number of rotatable bonds is 6. The van der Waals surface area contributed by atoms with Gasteiger partial charge in [0.15, 0.2) is 0 Å². The Morgan fingerprint density at radius 2 is 1.79 bits per heavy atom. The number of benzene rings is 2. The minimum absolute atomic E-state index is 0.143. The van der Waals surface area contributed by atoms with Crippen LogP contribution in [0, 0.1) is 5.41 Å². The van der Waals surface area contributed by atoms with Crippen LogP contribution in [0.5, 0.6) is 5.75 Å². The largest absolute Gasteiger partial charge is 0.509 e. The number of nitrogens with zero attached hydrogens (tertiary/aromatic N) is 4. The maximum atomic E-state index is 10.7. The van der Waals surface area contributed by atoms with Crippen LogP contribution in [0.1, 0.15) is 19.2 Å². The number of aromatic nitrogens is 2. The highest BCUT2D eigenvalue weighted by atomic mass is 16.5. The molecule has 3 heterocycles. The molecule has 1 aromatic heterocycles. The molecule has 2 aliphatic heterocycles. The molecule has 0 aliphatic carbocycles. The summed E-state index contributed by atoms with van der Waals surface area (Å²) in [5.41, 5.74) is 4.17. The van der Waals surface area contributed by atoms with Crippen molar-refractivity contribution in [1.29, 1.82) is 5.41 Å². The summed E-state index contributed by atoms with van der Waals surface area (Å²) < 4.78 is 5.65. The molecule has 2 aliphatic rings. The van der Waals surface area contributed by atoms with Crippen LogP contribution in [-0.2, 0) is 0 Å². The van der Waals surface area contributed by atoms with Gasteiger partial charge in [0.05, 0.1) is 29.8 Å². The number of piperazine rings is 1. The van der Waals surface area contributed by atoms with Gasteiger partial charge in [-0.1, -0.05) is 6.92 Å². The van der Waals surface area contributed by atoms with Gasteiger partial charge >= 0.3 is 0 Å². The van der Waals surface area contributed by atoms with E-state index in [9.17, 15) is 5.11 Å². The Bertz CT molecular complexity index is 1190. The summed E-state index contributed by atoms with van der Waals surface area (Å²) >= 11 is 0. The first-order valence-electron chi connectivity index (χ1n) is 11.5. The van der Waals surface area contributed by atoms with Crippen molar-refractivity contribution in [2.24, 2.45) is 0 Å². The third-order valence-electron chi connectivity index (χ3n) is 6.30. The molecule has 8 heteroatoms. The van der Waals surface area contributed by atoms with Crippen LogP contribution < -0.4 is 14.5 Å². The number of aliphatic hydroxyl groups excluding tert-OH is 1. The van der Waals surface area contributed by atoms with E-state index >= 15 is 0 Å². The lowest BCUT2D eigenvalue weighted by atomic mass is 10.2. The first-order valence-corrected chi connectivity index (χ1v) is 11.5. The highest BCUT2D eigenvalue weighted by Crippen LogP contribution is 2.32. The van der Waals surface area contributed by atoms with Gasteiger partial charge in [0, 0.05) is 37.6 Å². The third kappa shape index (κ3) is 4.14. The second kappa shape index (κ2) is 8.78. The number of H-pyrrole nitrogens is 1. The molecule has 2 aromatic carbocycles. The van der Waals surface area contributed by atoms with Crippen molar-refractivity contribution in [1.82, 2.24) is 14.9 Å². The summed E-state index contributed by atoms with van der Waals surface area (Å²) in [7, 11) is 2.15. The van der Waals surface area contributed by atoms with E-state index in [2.05, 4.69) is 45.9 Å². The van der Waals surface area contributed by atoms with Crippen molar-refractivity contribution in [2.75, 3.05) is 56.2 Å². The quantitative estimate of drug-likeness (QED) is 0.532. The van der Waals surface area contributed by atoms with Crippen LogP contribution in [0.25, 0.3) is 16.6 Å². The van der Waals surface area contributed by atoms with Gasteiger partial charge in [0.25, 0.3) is 0 Å². The Balaban J connectivity index is 1.36. The summed E-state index contributed by atoms with van der Waals surface area (Å²) in [6.07, 6.45) is 0.952. The molecular formula is C25H30N6O2. The van der Waals surface area contributed by atoms with Gasteiger partial charge < -0.3 is 29.5 Å². The summed E-state index contributed by atoms with van der Waals surface area (Å²) in [5.74, 6) is 1.70. The van der Waals surface area contributed by atoms with Crippen molar-refractivity contribution >= 4 is 33.8 Å². The number of nitrogens with one attached hydrogen (secondary N) is 2. The highest BCUT2D eigenvalue weighted by molar-refractivity contribution is 6.30. The smallest absolute Gasteiger partial charge is 0.145 e. The SMILES string of the molecule is CCCOc1ccc(N2CC(O)=C(c3nc4ccc(N5CCN(C)CC5)cc4[nH]3)C2=N)cc1. The van der Waals surface area contributed by atoms with E-state index in [4.69, 9.17) is 10.1 Å². The second-order valence-electron chi connectivity index (χ2n) is 8.68. The molecule has 5 rings (SSSR count). The van der Waals surface area contributed by atoms with E-state index < -0.39 is 0 Å². The van der Waals surface area contributed by atoms with Crippen LogP contribution in [0.2, 0.25) is 0 Å². The maximum Gasteiger partial charge on any atom is 0.145 e. The zero-order valence-corrected chi connectivity index (χ0v) is 19.1. The Morgan fingerprint density at radius 3 is 2.52 bits per heavy atom. The van der Waals surface area contributed by atoms with Gasteiger partial charge in [0.2, 0.25) is 0 Å². The van der Waals surface area contributed by atoms with Crippen LogP contribution >= 0.6 is 0 Å². The number of amidine groups is 1. The Labute approximate surface area is 193 Å². The normalized spacial score (nSPS) is 17.5. The second-order valence-corrected chi connectivity index (χ2v) is 8.68. The fraction of sp³-hybridized carbons (Fsp3) is 0.360. The average molecular weight is 447 g/mol. The Hall–Kier alpha value is -3.52. The van der Waals surface area contributed by atoms with Crippen LogP contribution in [-0.4, -0.2) is 72.2 Å². The average Bonchev–Trinajstić information content (AvgIpc) is 3.37. The molecule has 33 heavy (non-hydrogen) atoms. The zero-order valence-electron chi connectivity index (χ0n) is 19.1. The lowest BCUT2D eigenvalue weighted by Gasteiger charge is -2.34. The van der Waals surface area contributed by atoms with Gasteiger partial charge in [0.1, 0.15) is 23.2 Å². The predicted octanol–water partition coefficient (Wildman–Crippen LogP) is 3.87. The molecule has 0 amide bonds. The third-order valence-corrected chi connectivity index (χ3v) is 6.30. The van der Waals surface area contributed by atoms with Crippen LogP contribution in [0.15, 0.2) is 48.2 Å². The number of aliphatic hydroxyl groups is 1. The van der Waals surface area contributed by atoms with Crippen molar-refractivity contribution in [2.45, 2.75) is 13.3 Å². The summed E-state index contributed by atoms with van der Waals surface area (Å²) in [6, 6.07) is 13.8. The minimum atomic E-state index is 0.143. The molecule has 3 N–H and O–H groups in total. The topological polar surface area (TPSA) is 91.7 Å². The van der Waals surface area contributed by atoms with Gasteiger partial charge in [-0.25, -0.2) is 4.98 Å². The van der Waals surface area contributed by atoms with E-state index in [0.717, 1.165) is 60.8 Å². The molecule has 3 aromatic rings. The minimum Gasteiger partial charge on any atom is -0.509 e. The first kappa shape index (κ1) is 21.3. The van der Waals surface area contributed by atoms with E-state index in [0.29, 0.717) is 18.0 Å². The van der Waals surface area contributed by atoms with Crippen molar-refractivity contribution in [3.63, 3.8) is 0 Å². The van der Waals surface area contributed by atoms with E-state index in [1.54, 1.807) is 4.90 Å².